The molecule has 2 aromatic carbocycles. The van der Waals surface area contributed by atoms with E-state index in [4.69, 9.17) is 16.0 Å². The van der Waals surface area contributed by atoms with Crippen LogP contribution < -0.4 is 0 Å². The highest BCUT2D eigenvalue weighted by Gasteiger charge is 2.33. The number of carbonyl (C=O) groups is 3. The van der Waals surface area contributed by atoms with Crippen molar-refractivity contribution in [2.45, 2.75) is 32.9 Å². The summed E-state index contributed by atoms with van der Waals surface area (Å²) in [7, 11) is 1.46. The molecule has 8 heteroatoms. The SMILES string of the molecule is CN1C(=O)c2ccc(-c3cc(Cl)c4oc(CN(C(=O)O)C(C)(C)C)cc4c3)cc2C1=O. The zero-order chi connectivity index (χ0) is 22.7. The fraction of sp³-hybridized carbons (Fsp3) is 0.261. The van der Waals surface area contributed by atoms with Crippen molar-refractivity contribution in [3.8, 4) is 11.1 Å². The Hall–Kier alpha value is -3.32. The summed E-state index contributed by atoms with van der Waals surface area (Å²) in [5.41, 5.74) is 2.10. The number of imide groups is 1. The van der Waals surface area contributed by atoms with Gasteiger partial charge in [-0.15, -0.1) is 0 Å². The lowest BCUT2D eigenvalue weighted by Crippen LogP contribution is -2.44. The highest BCUT2D eigenvalue weighted by atomic mass is 35.5. The van der Waals surface area contributed by atoms with Gasteiger partial charge in [-0.1, -0.05) is 17.7 Å². The van der Waals surface area contributed by atoms with Crippen LogP contribution in [0.3, 0.4) is 0 Å². The Morgan fingerprint density at radius 1 is 1.06 bits per heavy atom. The van der Waals surface area contributed by atoms with Crippen LogP contribution in [0.25, 0.3) is 22.1 Å². The standard InChI is InChI=1S/C23H21ClN2O5/c1-23(2,3)26(22(29)30)11-15-8-14-7-13(10-18(24)19(14)31-15)12-5-6-16-17(9-12)21(28)25(4)20(16)27/h5-10H,11H2,1-4H3,(H,29,30). The first-order valence-corrected chi connectivity index (χ1v) is 10.0. The number of hydrogen-bond donors (Lipinski definition) is 1. The molecule has 4 rings (SSSR count). The molecule has 0 saturated heterocycles. The summed E-state index contributed by atoms with van der Waals surface area (Å²) in [5.74, 6) is -0.181. The number of amides is 3. The van der Waals surface area contributed by atoms with E-state index < -0.39 is 11.6 Å². The number of rotatable bonds is 3. The van der Waals surface area contributed by atoms with Crippen LogP contribution in [0.1, 0.15) is 47.2 Å². The van der Waals surface area contributed by atoms with Crippen LogP contribution in [0.2, 0.25) is 5.02 Å². The van der Waals surface area contributed by atoms with Crippen LogP contribution >= 0.6 is 11.6 Å². The molecule has 0 radical (unpaired) electrons. The second-order valence-electron chi connectivity index (χ2n) is 8.56. The number of carbonyl (C=O) groups excluding carboxylic acids is 2. The van der Waals surface area contributed by atoms with Gasteiger partial charge in [0.25, 0.3) is 11.8 Å². The van der Waals surface area contributed by atoms with Crippen molar-refractivity contribution in [3.05, 3.63) is 58.3 Å². The molecule has 0 fully saturated rings. The lowest BCUT2D eigenvalue weighted by molar-refractivity contribution is 0.0692. The van der Waals surface area contributed by atoms with Crippen LogP contribution in [0.5, 0.6) is 0 Å². The first kappa shape index (κ1) is 20.9. The fourth-order valence-corrected chi connectivity index (χ4v) is 3.96. The summed E-state index contributed by atoms with van der Waals surface area (Å²) in [5, 5.41) is 10.6. The van der Waals surface area contributed by atoms with Crippen LogP contribution in [0, 0.1) is 0 Å². The van der Waals surface area contributed by atoms with Gasteiger partial charge in [0.05, 0.1) is 22.7 Å². The first-order valence-electron chi connectivity index (χ1n) is 9.66. The Balaban J connectivity index is 1.73. The van der Waals surface area contributed by atoms with E-state index in [1.165, 1.54) is 11.9 Å². The number of halogens is 1. The van der Waals surface area contributed by atoms with Crippen molar-refractivity contribution in [3.63, 3.8) is 0 Å². The second kappa shape index (κ2) is 7.13. The van der Waals surface area contributed by atoms with Crippen molar-refractivity contribution in [1.29, 1.82) is 0 Å². The van der Waals surface area contributed by atoms with E-state index in [0.29, 0.717) is 27.5 Å². The third kappa shape index (κ3) is 3.55. The molecule has 1 aliphatic rings. The van der Waals surface area contributed by atoms with Gasteiger partial charge in [-0.05, 0) is 62.2 Å². The van der Waals surface area contributed by atoms with Gasteiger partial charge < -0.3 is 9.52 Å². The minimum absolute atomic E-state index is 0.0843. The Bertz CT molecular complexity index is 1250. The van der Waals surface area contributed by atoms with E-state index >= 15 is 0 Å². The van der Waals surface area contributed by atoms with Crippen LogP contribution in [0.4, 0.5) is 4.79 Å². The van der Waals surface area contributed by atoms with E-state index in [9.17, 15) is 19.5 Å². The molecule has 0 bridgehead atoms. The summed E-state index contributed by atoms with van der Waals surface area (Å²) < 4.78 is 5.84. The van der Waals surface area contributed by atoms with E-state index in [2.05, 4.69) is 0 Å². The summed E-state index contributed by atoms with van der Waals surface area (Å²) in [6.45, 7) is 5.52. The number of nitrogens with zero attached hydrogens (tertiary/aromatic N) is 2. The van der Waals surface area contributed by atoms with Crippen LogP contribution in [0.15, 0.2) is 40.8 Å². The van der Waals surface area contributed by atoms with Crippen LogP contribution in [-0.2, 0) is 6.54 Å². The highest BCUT2D eigenvalue weighted by Crippen LogP contribution is 2.35. The zero-order valence-electron chi connectivity index (χ0n) is 17.5. The number of carboxylic acid groups (broad SMARTS) is 1. The maximum Gasteiger partial charge on any atom is 0.408 e. The van der Waals surface area contributed by atoms with Gasteiger partial charge in [0.15, 0.2) is 5.58 Å². The lowest BCUT2D eigenvalue weighted by Gasteiger charge is -2.32. The van der Waals surface area contributed by atoms with Crippen molar-refractivity contribution < 1.29 is 23.9 Å². The highest BCUT2D eigenvalue weighted by molar-refractivity contribution is 6.35. The average molecular weight is 441 g/mol. The normalized spacial score (nSPS) is 13.8. The van der Waals surface area contributed by atoms with Gasteiger partial charge in [0, 0.05) is 18.0 Å². The number of hydrogen-bond acceptors (Lipinski definition) is 4. The Morgan fingerprint density at radius 3 is 2.39 bits per heavy atom. The molecule has 0 spiro atoms. The monoisotopic (exact) mass is 440 g/mol. The second-order valence-corrected chi connectivity index (χ2v) is 8.97. The molecule has 31 heavy (non-hydrogen) atoms. The smallest absolute Gasteiger partial charge is 0.408 e. The van der Waals surface area contributed by atoms with E-state index in [1.54, 1.807) is 30.3 Å². The van der Waals surface area contributed by atoms with E-state index in [0.717, 1.165) is 21.4 Å². The molecular weight excluding hydrogens is 420 g/mol. The summed E-state index contributed by atoms with van der Waals surface area (Å²) in [6.07, 6.45) is -1.04. The molecule has 0 aliphatic carbocycles. The largest absolute Gasteiger partial charge is 0.465 e. The topological polar surface area (TPSA) is 91.1 Å². The third-order valence-electron chi connectivity index (χ3n) is 5.40. The molecule has 1 aromatic heterocycles. The molecule has 0 unspecified atom stereocenters. The predicted molar refractivity (Wildman–Crippen MR) is 116 cm³/mol. The number of furan rings is 1. The summed E-state index contributed by atoms with van der Waals surface area (Å²) in [6, 6.07) is 10.5. The Kier molecular flexibility index (Phi) is 4.81. The van der Waals surface area contributed by atoms with Gasteiger partial charge in [-0.2, -0.15) is 0 Å². The van der Waals surface area contributed by atoms with Crippen molar-refractivity contribution in [2.75, 3.05) is 7.05 Å². The molecule has 1 aliphatic heterocycles. The zero-order valence-corrected chi connectivity index (χ0v) is 18.3. The van der Waals surface area contributed by atoms with Gasteiger partial charge in [-0.25, -0.2) is 4.79 Å². The van der Waals surface area contributed by atoms with E-state index in [-0.39, 0.29) is 18.4 Å². The van der Waals surface area contributed by atoms with Crippen molar-refractivity contribution >= 4 is 40.5 Å². The molecule has 3 aromatic rings. The molecule has 2 heterocycles. The van der Waals surface area contributed by atoms with Crippen molar-refractivity contribution in [2.24, 2.45) is 0 Å². The van der Waals surface area contributed by atoms with Gasteiger partial charge in [0.1, 0.15) is 5.76 Å². The Morgan fingerprint density at radius 2 is 1.74 bits per heavy atom. The first-order chi connectivity index (χ1) is 14.5. The maximum absolute atomic E-state index is 12.3. The number of fused-ring (bicyclic) bond motifs is 2. The predicted octanol–water partition coefficient (Wildman–Crippen LogP) is 5.26. The third-order valence-corrected chi connectivity index (χ3v) is 5.68. The summed E-state index contributed by atoms with van der Waals surface area (Å²) >= 11 is 6.45. The molecule has 3 amide bonds. The maximum atomic E-state index is 12.3. The molecule has 7 nitrogen and oxygen atoms in total. The molecule has 160 valence electrons. The van der Waals surface area contributed by atoms with E-state index in [1.807, 2.05) is 26.8 Å². The minimum atomic E-state index is -1.04. The van der Waals surface area contributed by atoms with Crippen molar-refractivity contribution in [1.82, 2.24) is 9.80 Å². The molecule has 0 saturated carbocycles. The Labute approximate surface area is 183 Å². The van der Waals surface area contributed by atoms with Crippen LogP contribution in [-0.4, -0.2) is 45.4 Å². The summed E-state index contributed by atoms with van der Waals surface area (Å²) in [4.78, 5) is 38.5. The fourth-order valence-electron chi connectivity index (χ4n) is 3.70. The van der Waals surface area contributed by atoms with Gasteiger partial charge in [-0.3, -0.25) is 19.4 Å². The minimum Gasteiger partial charge on any atom is -0.465 e. The van der Waals surface area contributed by atoms with Gasteiger partial charge >= 0.3 is 6.09 Å². The molecule has 0 atom stereocenters. The quantitative estimate of drug-likeness (QED) is 0.561. The average Bonchev–Trinajstić information content (AvgIpc) is 3.20. The van der Waals surface area contributed by atoms with Gasteiger partial charge in [0.2, 0.25) is 0 Å². The lowest BCUT2D eigenvalue weighted by atomic mass is 9.99. The molecule has 1 N–H and O–H groups in total. The number of benzene rings is 2. The molecular formula is C23H21ClN2O5.